The minimum atomic E-state index is 0.696. The molecule has 0 amide bonds. The third kappa shape index (κ3) is 2.41. The maximum absolute atomic E-state index is 5.65. The Balaban J connectivity index is 2.24. The summed E-state index contributed by atoms with van der Waals surface area (Å²) in [7, 11) is 0. The highest BCUT2D eigenvalue weighted by atomic mass is 14.5. The van der Waals surface area contributed by atoms with Gasteiger partial charge in [-0.05, 0) is 41.8 Å². The van der Waals surface area contributed by atoms with E-state index in [2.05, 4.69) is 24.3 Å². The van der Waals surface area contributed by atoms with Crippen LogP contribution in [0.3, 0.4) is 0 Å². The van der Waals surface area contributed by atoms with E-state index in [9.17, 15) is 0 Å². The fourth-order valence-corrected chi connectivity index (χ4v) is 1.71. The van der Waals surface area contributed by atoms with Crippen molar-refractivity contribution in [1.29, 1.82) is 0 Å². The number of hydrogen-bond acceptors (Lipinski definition) is 2. The van der Waals surface area contributed by atoms with Crippen molar-refractivity contribution in [3.8, 4) is 11.1 Å². The summed E-state index contributed by atoms with van der Waals surface area (Å²) in [5.74, 6) is 0. The molecule has 0 aliphatic carbocycles. The molecule has 0 fully saturated rings. The van der Waals surface area contributed by atoms with Crippen LogP contribution in [0, 0.1) is 0 Å². The Morgan fingerprint density at radius 3 is 1.75 bits per heavy atom. The summed E-state index contributed by atoms with van der Waals surface area (Å²) in [6.45, 7) is 0.696. The van der Waals surface area contributed by atoms with E-state index in [1.165, 1.54) is 16.7 Å². The molecule has 2 rings (SSSR count). The second kappa shape index (κ2) is 4.81. The van der Waals surface area contributed by atoms with Gasteiger partial charge >= 0.3 is 0 Å². The van der Waals surface area contributed by atoms with Crippen LogP contribution in [-0.2, 0) is 6.42 Å². The first kappa shape index (κ1) is 10.7. The molecule has 0 aromatic heterocycles. The van der Waals surface area contributed by atoms with Gasteiger partial charge in [0.1, 0.15) is 0 Å². The highest BCUT2D eigenvalue weighted by Crippen LogP contribution is 2.20. The van der Waals surface area contributed by atoms with Gasteiger partial charge in [0.05, 0.1) is 0 Å². The third-order valence-corrected chi connectivity index (χ3v) is 2.63. The van der Waals surface area contributed by atoms with Crippen LogP contribution in [0.2, 0.25) is 0 Å². The van der Waals surface area contributed by atoms with Gasteiger partial charge in [-0.25, -0.2) is 0 Å². The summed E-state index contributed by atoms with van der Waals surface area (Å²) in [6.07, 6.45) is 0.933. The number of anilines is 1. The van der Waals surface area contributed by atoms with E-state index in [0.29, 0.717) is 6.54 Å². The summed E-state index contributed by atoms with van der Waals surface area (Å²) in [6, 6.07) is 16.4. The van der Waals surface area contributed by atoms with Crippen molar-refractivity contribution in [2.24, 2.45) is 5.73 Å². The van der Waals surface area contributed by atoms with Crippen molar-refractivity contribution in [2.75, 3.05) is 12.3 Å². The van der Waals surface area contributed by atoms with Gasteiger partial charge in [0.25, 0.3) is 0 Å². The first-order valence-corrected chi connectivity index (χ1v) is 5.44. The van der Waals surface area contributed by atoms with Crippen LogP contribution >= 0.6 is 0 Å². The number of nitrogen functional groups attached to an aromatic ring is 1. The lowest BCUT2D eigenvalue weighted by molar-refractivity contribution is 0.969. The number of hydrogen-bond donors (Lipinski definition) is 2. The van der Waals surface area contributed by atoms with E-state index in [1.807, 2.05) is 24.3 Å². The Bertz CT molecular complexity index is 443. The van der Waals surface area contributed by atoms with Crippen LogP contribution < -0.4 is 11.5 Å². The topological polar surface area (TPSA) is 52.0 Å². The molecular formula is C14H16N2. The maximum Gasteiger partial charge on any atom is 0.0314 e. The summed E-state index contributed by atoms with van der Waals surface area (Å²) in [5.41, 5.74) is 15.6. The van der Waals surface area contributed by atoms with E-state index < -0.39 is 0 Å². The lowest BCUT2D eigenvalue weighted by Crippen LogP contribution is -2.02. The van der Waals surface area contributed by atoms with Crippen molar-refractivity contribution in [1.82, 2.24) is 0 Å². The third-order valence-electron chi connectivity index (χ3n) is 2.63. The minimum Gasteiger partial charge on any atom is -0.399 e. The lowest BCUT2D eigenvalue weighted by atomic mass is 10.0. The molecule has 0 aliphatic heterocycles. The van der Waals surface area contributed by atoms with Crippen molar-refractivity contribution in [3.63, 3.8) is 0 Å². The lowest BCUT2D eigenvalue weighted by Gasteiger charge is -2.04. The van der Waals surface area contributed by atoms with E-state index >= 15 is 0 Å². The van der Waals surface area contributed by atoms with Crippen molar-refractivity contribution >= 4 is 5.69 Å². The molecule has 16 heavy (non-hydrogen) atoms. The number of nitrogens with two attached hydrogens (primary N) is 2. The Labute approximate surface area is 95.9 Å². The quantitative estimate of drug-likeness (QED) is 0.768. The van der Waals surface area contributed by atoms with E-state index in [0.717, 1.165) is 12.1 Å². The predicted octanol–water partition coefficient (Wildman–Crippen LogP) is 2.44. The highest BCUT2D eigenvalue weighted by Gasteiger charge is 1.97. The SMILES string of the molecule is NCCc1ccc(-c2ccc(N)cc2)cc1. The number of rotatable bonds is 3. The van der Waals surface area contributed by atoms with E-state index in [1.54, 1.807) is 0 Å². The molecule has 82 valence electrons. The molecular weight excluding hydrogens is 196 g/mol. The smallest absolute Gasteiger partial charge is 0.0314 e. The zero-order valence-corrected chi connectivity index (χ0v) is 9.19. The monoisotopic (exact) mass is 212 g/mol. The van der Waals surface area contributed by atoms with Crippen LogP contribution in [0.1, 0.15) is 5.56 Å². The van der Waals surface area contributed by atoms with Gasteiger partial charge in [-0.3, -0.25) is 0 Å². The maximum atomic E-state index is 5.65. The van der Waals surface area contributed by atoms with E-state index in [-0.39, 0.29) is 0 Å². The molecule has 0 spiro atoms. The summed E-state index contributed by atoms with van der Waals surface area (Å²) in [4.78, 5) is 0. The van der Waals surface area contributed by atoms with E-state index in [4.69, 9.17) is 11.5 Å². The molecule has 2 aromatic carbocycles. The molecule has 0 saturated carbocycles. The minimum absolute atomic E-state index is 0.696. The second-order valence-corrected chi connectivity index (χ2v) is 3.86. The van der Waals surface area contributed by atoms with Gasteiger partial charge in [-0.2, -0.15) is 0 Å². The zero-order chi connectivity index (χ0) is 11.4. The van der Waals surface area contributed by atoms with Gasteiger partial charge in [-0.15, -0.1) is 0 Å². The molecule has 2 heteroatoms. The van der Waals surface area contributed by atoms with Crippen LogP contribution in [0.4, 0.5) is 5.69 Å². The molecule has 0 unspecified atom stereocenters. The summed E-state index contributed by atoms with van der Waals surface area (Å²) >= 11 is 0. The van der Waals surface area contributed by atoms with Crippen LogP contribution in [-0.4, -0.2) is 6.54 Å². The molecule has 0 saturated heterocycles. The van der Waals surface area contributed by atoms with Crippen LogP contribution in [0.5, 0.6) is 0 Å². The first-order chi connectivity index (χ1) is 7.79. The average Bonchev–Trinajstić information content (AvgIpc) is 2.32. The van der Waals surface area contributed by atoms with Gasteiger partial charge in [0.15, 0.2) is 0 Å². The molecule has 2 nitrogen and oxygen atoms in total. The van der Waals surface area contributed by atoms with Crippen molar-refractivity contribution in [3.05, 3.63) is 54.1 Å². The molecule has 0 heterocycles. The molecule has 0 bridgehead atoms. The summed E-state index contributed by atoms with van der Waals surface area (Å²) in [5, 5.41) is 0. The Morgan fingerprint density at radius 1 is 0.750 bits per heavy atom. The molecule has 0 radical (unpaired) electrons. The Hall–Kier alpha value is -1.80. The van der Waals surface area contributed by atoms with Gasteiger partial charge in [-0.1, -0.05) is 36.4 Å². The van der Waals surface area contributed by atoms with Crippen molar-refractivity contribution in [2.45, 2.75) is 6.42 Å². The highest BCUT2D eigenvalue weighted by molar-refractivity contribution is 5.65. The molecule has 0 atom stereocenters. The molecule has 0 aliphatic rings. The van der Waals surface area contributed by atoms with Crippen molar-refractivity contribution < 1.29 is 0 Å². The summed E-state index contributed by atoms with van der Waals surface area (Å²) < 4.78 is 0. The van der Waals surface area contributed by atoms with Gasteiger partial charge < -0.3 is 11.5 Å². The standard InChI is InChI=1S/C14H16N2/c15-10-9-11-1-3-12(4-2-11)13-5-7-14(16)8-6-13/h1-8H,9-10,15-16H2. The van der Waals surface area contributed by atoms with Crippen LogP contribution in [0.15, 0.2) is 48.5 Å². The average molecular weight is 212 g/mol. The Kier molecular flexibility index (Phi) is 3.22. The predicted molar refractivity (Wildman–Crippen MR) is 69.0 cm³/mol. The largest absolute Gasteiger partial charge is 0.399 e. The van der Waals surface area contributed by atoms with Gasteiger partial charge in [0.2, 0.25) is 0 Å². The fraction of sp³-hybridized carbons (Fsp3) is 0.143. The first-order valence-electron chi connectivity index (χ1n) is 5.44. The van der Waals surface area contributed by atoms with Gasteiger partial charge in [0, 0.05) is 5.69 Å². The fourth-order valence-electron chi connectivity index (χ4n) is 1.71. The second-order valence-electron chi connectivity index (χ2n) is 3.86. The van der Waals surface area contributed by atoms with Crippen LogP contribution in [0.25, 0.3) is 11.1 Å². The Morgan fingerprint density at radius 2 is 1.25 bits per heavy atom. The molecule has 4 N–H and O–H groups in total. The normalized spacial score (nSPS) is 10.3. The molecule has 2 aromatic rings. The number of benzene rings is 2. The zero-order valence-electron chi connectivity index (χ0n) is 9.19.